The molecule has 1 aromatic heterocycles. The zero-order valence-corrected chi connectivity index (χ0v) is 22.2. The number of carbonyl (C=O) groups excluding carboxylic acids is 3. The van der Waals surface area contributed by atoms with Crippen molar-refractivity contribution in [2.24, 2.45) is 0 Å². The number of aromatic nitrogens is 2. The molecule has 9 nitrogen and oxygen atoms in total. The Balaban J connectivity index is 0.00000456. The first-order valence-corrected chi connectivity index (χ1v) is 12.0. The van der Waals surface area contributed by atoms with Crippen molar-refractivity contribution in [2.75, 3.05) is 27.5 Å². The summed E-state index contributed by atoms with van der Waals surface area (Å²) in [6.45, 7) is 5.04. The molecule has 0 saturated carbocycles. The highest BCUT2D eigenvalue weighted by Gasteiger charge is 2.40. The first-order valence-electron chi connectivity index (χ1n) is 12.0. The van der Waals surface area contributed by atoms with Gasteiger partial charge in [0.15, 0.2) is 0 Å². The predicted molar refractivity (Wildman–Crippen MR) is 139 cm³/mol. The molecule has 0 radical (unpaired) electrons. The lowest BCUT2D eigenvalue weighted by Crippen LogP contribution is -2.34. The van der Waals surface area contributed by atoms with E-state index in [0.717, 1.165) is 54.1 Å². The van der Waals surface area contributed by atoms with Gasteiger partial charge in [0.1, 0.15) is 18.3 Å². The second-order valence-electron chi connectivity index (χ2n) is 8.45. The van der Waals surface area contributed by atoms with Crippen LogP contribution in [0.25, 0.3) is 6.08 Å². The molecule has 10 heteroatoms. The van der Waals surface area contributed by atoms with E-state index < -0.39 is 0 Å². The van der Waals surface area contributed by atoms with E-state index in [1.165, 1.54) is 19.1 Å². The van der Waals surface area contributed by atoms with Gasteiger partial charge in [-0.3, -0.25) is 9.69 Å². The average Bonchev–Trinajstić information content (AvgIpc) is 3.34. The molecule has 1 aliphatic rings. The summed E-state index contributed by atoms with van der Waals surface area (Å²) in [5.74, 6) is 0.144. The number of rotatable bonds is 12. The third-order valence-electron chi connectivity index (χ3n) is 5.93. The Labute approximate surface area is 218 Å². The molecule has 0 atom stereocenters. The summed E-state index contributed by atoms with van der Waals surface area (Å²) in [5.41, 5.74) is 2.52. The lowest BCUT2D eigenvalue weighted by atomic mass is 10.1. The van der Waals surface area contributed by atoms with Gasteiger partial charge in [-0.05, 0) is 36.6 Å². The summed E-state index contributed by atoms with van der Waals surface area (Å²) >= 11 is 0. The van der Waals surface area contributed by atoms with Crippen molar-refractivity contribution in [3.8, 4) is 0 Å². The summed E-state index contributed by atoms with van der Waals surface area (Å²) in [4.78, 5) is 45.0. The molecule has 2 heterocycles. The fourth-order valence-electron chi connectivity index (χ4n) is 3.95. The van der Waals surface area contributed by atoms with E-state index in [9.17, 15) is 14.4 Å². The van der Waals surface area contributed by atoms with Crippen molar-refractivity contribution in [1.29, 1.82) is 0 Å². The van der Waals surface area contributed by atoms with Crippen molar-refractivity contribution in [3.63, 3.8) is 0 Å². The smallest absolute Gasteiger partial charge is 0.337 e. The molecule has 1 saturated heterocycles. The minimum Gasteiger partial charge on any atom is -0.465 e. The summed E-state index contributed by atoms with van der Waals surface area (Å²) in [7, 11) is 2.81. The molecule has 3 amide bonds. The normalized spacial score (nSPS) is 14.5. The maximum Gasteiger partial charge on any atom is 0.337 e. The van der Waals surface area contributed by atoms with Crippen molar-refractivity contribution < 1.29 is 23.9 Å². The van der Waals surface area contributed by atoms with Crippen LogP contribution in [0.1, 0.15) is 67.0 Å². The number of nitrogens with zero attached hydrogens (tertiary/aromatic N) is 4. The number of carbonyl (C=O) groups is 3. The molecule has 0 spiro atoms. The van der Waals surface area contributed by atoms with E-state index >= 15 is 0 Å². The second kappa shape index (κ2) is 13.8. The van der Waals surface area contributed by atoms with Crippen molar-refractivity contribution in [1.82, 2.24) is 19.4 Å². The van der Waals surface area contributed by atoms with Gasteiger partial charge in [0.05, 0.1) is 24.6 Å². The van der Waals surface area contributed by atoms with Gasteiger partial charge in [0.25, 0.3) is 5.91 Å². The number of ether oxygens (including phenoxy) is 2. The Hall–Kier alpha value is -3.17. The first-order chi connectivity index (χ1) is 16.9. The maximum atomic E-state index is 13.1. The highest BCUT2D eigenvalue weighted by molar-refractivity contribution is 6.13. The Morgan fingerprint density at radius 2 is 1.72 bits per heavy atom. The number of methoxy groups -OCH3 is 2. The molecular formula is C26H35ClN4O5. The van der Waals surface area contributed by atoms with Crippen LogP contribution in [0.5, 0.6) is 0 Å². The van der Waals surface area contributed by atoms with E-state index in [1.807, 2.05) is 19.1 Å². The Morgan fingerprint density at radius 1 is 1.03 bits per heavy atom. The van der Waals surface area contributed by atoms with Crippen LogP contribution in [0, 0.1) is 0 Å². The number of urea groups is 1. The average molecular weight is 519 g/mol. The van der Waals surface area contributed by atoms with Crippen LogP contribution < -0.4 is 0 Å². The molecular weight excluding hydrogens is 484 g/mol. The van der Waals surface area contributed by atoms with Crippen LogP contribution in [0.2, 0.25) is 0 Å². The highest BCUT2D eigenvalue weighted by Crippen LogP contribution is 2.25. The number of halogens is 1. The quantitative estimate of drug-likeness (QED) is 0.233. The van der Waals surface area contributed by atoms with Crippen LogP contribution >= 0.6 is 12.4 Å². The van der Waals surface area contributed by atoms with Gasteiger partial charge in [0, 0.05) is 26.6 Å². The van der Waals surface area contributed by atoms with Gasteiger partial charge in [0.2, 0.25) is 0 Å². The molecule has 196 valence electrons. The molecule has 0 unspecified atom stereocenters. The van der Waals surface area contributed by atoms with Crippen molar-refractivity contribution >= 4 is 36.4 Å². The van der Waals surface area contributed by atoms with Crippen LogP contribution in [0.4, 0.5) is 4.79 Å². The standard InChI is InChI=1S/C26H34N4O5.ClH/c1-5-7-9-23-27-16-21(29(23)17-19-10-12-20(13-11-19)25(32)35-4)15-22-24(31)30(18-34-3)26(33)28(22)14-8-6-2;/h10-13,15-16H,5-9,14,17-18H2,1-4H3;1H. The number of aryl methyl sites for hydroxylation is 1. The highest BCUT2D eigenvalue weighted by atomic mass is 35.5. The van der Waals surface area contributed by atoms with Crippen molar-refractivity contribution in [3.05, 3.63) is 58.8 Å². The fourth-order valence-corrected chi connectivity index (χ4v) is 3.95. The van der Waals surface area contributed by atoms with E-state index in [2.05, 4.69) is 16.5 Å². The van der Waals surface area contributed by atoms with Gasteiger partial charge in [-0.25, -0.2) is 19.5 Å². The number of imidazole rings is 1. The van der Waals surface area contributed by atoms with Crippen LogP contribution in [-0.4, -0.2) is 64.8 Å². The minimum atomic E-state index is -0.384. The number of unbranched alkanes of at least 4 members (excludes halogenated alkanes) is 2. The van der Waals surface area contributed by atoms with E-state index in [1.54, 1.807) is 24.4 Å². The predicted octanol–water partition coefficient (Wildman–Crippen LogP) is 4.49. The largest absolute Gasteiger partial charge is 0.465 e. The molecule has 36 heavy (non-hydrogen) atoms. The lowest BCUT2D eigenvalue weighted by Gasteiger charge is -2.16. The van der Waals surface area contributed by atoms with Gasteiger partial charge in [-0.1, -0.05) is 38.8 Å². The molecule has 1 fully saturated rings. The van der Waals surface area contributed by atoms with Gasteiger partial charge >= 0.3 is 12.0 Å². The molecule has 3 rings (SSSR count). The zero-order chi connectivity index (χ0) is 25.4. The maximum absolute atomic E-state index is 13.1. The molecule has 2 aromatic rings. The lowest BCUT2D eigenvalue weighted by molar-refractivity contribution is -0.126. The number of benzene rings is 1. The van der Waals surface area contributed by atoms with Crippen LogP contribution in [0.3, 0.4) is 0 Å². The molecule has 0 aliphatic carbocycles. The second-order valence-corrected chi connectivity index (χ2v) is 8.45. The minimum absolute atomic E-state index is 0. The first kappa shape index (κ1) is 29.1. The Morgan fingerprint density at radius 3 is 2.33 bits per heavy atom. The molecule has 0 bridgehead atoms. The van der Waals surface area contributed by atoms with Gasteiger partial charge < -0.3 is 14.0 Å². The number of hydrogen-bond acceptors (Lipinski definition) is 6. The summed E-state index contributed by atoms with van der Waals surface area (Å²) < 4.78 is 11.9. The molecule has 1 aliphatic heterocycles. The SMILES string of the molecule is CCCCc1ncc(C=C2C(=O)N(COC)C(=O)N2CCCC)n1Cc1ccc(C(=O)OC)cc1.Cl. The third-order valence-corrected chi connectivity index (χ3v) is 5.93. The zero-order valence-electron chi connectivity index (χ0n) is 21.4. The number of esters is 1. The van der Waals surface area contributed by atoms with Crippen LogP contribution in [0.15, 0.2) is 36.2 Å². The number of amides is 3. The number of imide groups is 1. The third kappa shape index (κ3) is 6.53. The van der Waals surface area contributed by atoms with E-state index in [4.69, 9.17) is 9.47 Å². The summed E-state index contributed by atoms with van der Waals surface area (Å²) in [5, 5.41) is 0. The molecule has 1 aromatic carbocycles. The van der Waals surface area contributed by atoms with Crippen molar-refractivity contribution in [2.45, 2.75) is 52.5 Å². The molecule has 0 N–H and O–H groups in total. The van der Waals surface area contributed by atoms with Crippen LogP contribution in [-0.2, 0) is 27.2 Å². The van der Waals surface area contributed by atoms with E-state index in [0.29, 0.717) is 24.4 Å². The topological polar surface area (TPSA) is 94.0 Å². The van der Waals surface area contributed by atoms with Gasteiger partial charge in [-0.2, -0.15) is 0 Å². The monoisotopic (exact) mass is 518 g/mol. The summed E-state index contributed by atoms with van der Waals surface area (Å²) in [6.07, 6.45) is 7.98. The number of hydrogen-bond donors (Lipinski definition) is 0. The fraction of sp³-hybridized carbons (Fsp3) is 0.462. The van der Waals surface area contributed by atoms with Gasteiger partial charge in [-0.15, -0.1) is 12.4 Å². The Kier molecular flexibility index (Phi) is 11.1. The summed E-state index contributed by atoms with van der Waals surface area (Å²) in [6, 6.07) is 6.86. The Bertz CT molecular complexity index is 1080. The van der Waals surface area contributed by atoms with E-state index in [-0.39, 0.29) is 37.0 Å².